The number of likely N-dealkylation sites (tertiary alicyclic amines) is 1. The minimum atomic E-state index is 0.203. The summed E-state index contributed by atoms with van der Waals surface area (Å²) < 4.78 is 0. The van der Waals surface area contributed by atoms with E-state index in [0.29, 0.717) is 0 Å². The number of fused-ring (bicyclic) bond motifs is 1. The molecule has 2 rings (SSSR count). The molecule has 1 heterocycles. The molecule has 1 aliphatic heterocycles. The zero-order chi connectivity index (χ0) is 7.19. The SMILES string of the molecule is [B]C12CCCC1CN(C)C2. The van der Waals surface area contributed by atoms with E-state index < -0.39 is 0 Å². The smallest absolute Gasteiger partial charge is 0.0768 e. The summed E-state index contributed by atoms with van der Waals surface area (Å²) in [6, 6.07) is 0. The van der Waals surface area contributed by atoms with Gasteiger partial charge >= 0.3 is 0 Å². The third-order valence-electron chi connectivity index (χ3n) is 3.10. The Labute approximate surface area is 64.2 Å². The molecule has 1 saturated carbocycles. The zero-order valence-corrected chi connectivity index (χ0v) is 6.64. The lowest BCUT2D eigenvalue weighted by Gasteiger charge is -2.22. The number of hydrogen-bond acceptors (Lipinski definition) is 1. The van der Waals surface area contributed by atoms with Gasteiger partial charge in [-0.05, 0) is 31.2 Å². The predicted molar refractivity (Wildman–Crippen MR) is 43.3 cm³/mol. The van der Waals surface area contributed by atoms with Crippen molar-refractivity contribution >= 4 is 7.85 Å². The molecule has 2 aliphatic rings. The monoisotopic (exact) mass is 135 g/mol. The summed E-state index contributed by atoms with van der Waals surface area (Å²) >= 11 is 0. The summed E-state index contributed by atoms with van der Waals surface area (Å²) in [6.07, 6.45) is 3.97. The molecule has 2 heteroatoms. The Balaban J connectivity index is 2.15. The van der Waals surface area contributed by atoms with Crippen LogP contribution in [0.2, 0.25) is 5.31 Å². The maximum Gasteiger partial charge on any atom is 0.0768 e. The second-order valence-electron chi connectivity index (χ2n) is 4.02. The molecule has 2 radical (unpaired) electrons. The highest BCUT2D eigenvalue weighted by molar-refractivity contribution is 6.16. The Morgan fingerprint density at radius 2 is 2.40 bits per heavy atom. The highest BCUT2D eigenvalue weighted by Crippen LogP contribution is 2.51. The van der Waals surface area contributed by atoms with Crippen molar-refractivity contribution in [1.29, 1.82) is 0 Å². The summed E-state index contributed by atoms with van der Waals surface area (Å²) in [6.45, 7) is 2.36. The Morgan fingerprint density at radius 3 is 3.10 bits per heavy atom. The first-order chi connectivity index (χ1) is 4.71. The molecule has 0 N–H and O–H groups in total. The first-order valence-corrected chi connectivity index (χ1v) is 4.18. The second kappa shape index (κ2) is 2.01. The average Bonchev–Trinajstić information content (AvgIpc) is 2.20. The largest absolute Gasteiger partial charge is 0.306 e. The zero-order valence-electron chi connectivity index (χ0n) is 6.64. The van der Waals surface area contributed by atoms with Crippen LogP contribution in [0.4, 0.5) is 0 Å². The Morgan fingerprint density at radius 1 is 1.60 bits per heavy atom. The van der Waals surface area contributed by atoms with E-state index in [-0.39, 0.29) is 5.31 Å². The highest BCUT2D eigenvalue weighted by atomic mass is 15.1. The average molecular weight is 135 g/mol. The molecule has 2 fully saturated rings. The lowest BCUT2D eigenvalue weighted by molar-refractivity contribution is 0.380. The summed E-state index contributed by atoms with van der Waals surface area (Å²) in [5, 5.41) is 0.203. The lowest BCUT2D eigenvalue weighted by atomic mass is 9.64. The van der Waals surface area contributed by atoms with E-state index in [4.69, 9.17) is 7.85 Å². The van der Waals surface area contributed by atoms with E-state index in [1.54, 1.807) is 0 Å². The van der Waals surface area contributed by atoms with E-state index in [0.717, 1.165) is 12.5 Å². The lowest BCUT2D eigenvalue weighted by Crippen LogP contribution is -2.18. The molecule has 2 unspecified atom stereocenters. The molecular weight excluding hydrogens is 121 g/mol. The van der Waals surface area contributed by atoms with Gasteiger partial charge < -0.3 is 4.90 Å². The van der Waals surface area contributed by atoms with E-state index >= 15 is 0 Å². The fourth-order valence-corrected chi connectivity index (χ4v) is 2.59. The van der Waals surface area contributed by atoms with Crippen LogP contribution in [0.25, 0.3) is 0 Å². The van der Waals surface area contributed by atoms with Gasteiger partial charge in [0.25, 0.3) is 0 Å². The quantitative estimate of drug-likeness (QED) is 0.449. The van der Waals surface area contributed by atoms with Gasteiger partial charge in [-0.2, -0.15) is 0 Å². The van der Waals surface area contributed by atoms with Crippen molar-refractivity contribution < 1.29 is 0 Å². The van der Waals surface area contributed by atoms with Crippen molar-refractivity contribution in [3.8, 4) is 0 Å². The maximum absolute atomic E-state index is 6.21. The van der Waals surface area contributed by atoms with E-state index in [1.165, 1.54) is 25.8 Å². The molecule has 1 nitrogen and oxygen atoms in total. The van der Waals surface area contributed by atoms with Crippen LogP contribution in [0.3, 0.4) is 0 Å². The van der Waals surface area contributed by atoms with Gasteiger partial charge in [0.1, 0.15) is 0 Å². The third kappa shape index (κ3) is 0.816. The molecule has 0 amide bonds. The van der Waals surface area contributed by atoms with Crippen LogP contribution in [0, 0.1) is 5.92 Å². The van der Waals surface area contributed by atoms with Crippen LogP contribution >= 0.6 is 0 Å². The van der Waals surface area contributed by atoms with Crippen LogP contribution in [0.1, 0.15) is 19.3 Å². The van der Waals surface area contributed by atoms with E-state index in [2.05, 4.69) is 11.9 Å². The molecule has 0 aromatic rings. The molecule has 0 spiro atoms. The molecular formula is C8H14BN. The molecule has 0 bridgehead atoms. The molecule has 1 aliphatic carbocycles. The van der Waals surface area contributed by atoms with Crippen molar-refractivity contribution in [2.75, 3.05) is 20.1 Å². The van der Waals surface area contributed by atoms with Crippen LogP contribution < -0.4 is 0 Å². The van der Waals surface area contributed by atoms with Crippen LogP contribution in [0.15, 0.2) is 0 Å². The fraction of sp³-hybridized carbons (Fsp3) is 1.00. The topological polar surface area (TPSA) is 3.24 Å². The fourth-order valence-electron chi connectivity index (χ4n) is 2.59. The van der Waals surface area contributed by atoms with Crippen LogP contribution in [0.5, 0.6) is 0 Å². The highest BCUT2D eigenvalue weighted by Gasteiger charge is 2.43. The third-order valence-corrected chi connectivity index (χ3v) is 3.10. The minimum Gasteiger partial charge on any atom is -0.306 e. The van der Waals surface area contributed by atoms with Crippen LogP contribution in [-0.2, 0) is 0 Å². The summed E-state index contributed by atoms with van der Waals surface area (Å²) in [7, 11) is 8.39. The molecule has 10 heavy (non-hydrogen) atoms. The van der Waals surface area contributed by atoms with Crippen molar-refractivity contribution in [2.45, 2.75) is 24.6 Å². The normalized spacial score (nSPS) is 47.9. The van der Waals surface area contributed by atoms with Crippen molar-refractivity contribution in [2.24, 2.45) is 5.92 Å². The first kappa shape index (κ1) is 6.72. The minimum absolute atomic E-state index is 0.203. The van der Waals surface area contributed by atoms with Gasteiger partial charge in [-0.1, -0.05) is 12.8 Å². The first-order valence-electron chi connectivity index (χ1n) is 4.18. The molecule has 0 aromatic carbocycles. The number of hydrogen-bond donors (Lipinski definition) is 0. The Kier molecular flexibility index (Phi) is 1.35. The van der Waals surface area contributed by atoms with Gasteiger partial charge in [0, 0.05) is 6.54 Å². The summed E-state index contributed by atoms with van der Waals surface area (Å²) in [5.41, 5.74) is 0. The van der Waals surface area contributed by atoms with Gasteiger partial charge in [-0.15, -0.1) is 0 Å². The second-order valence-corrected chi connectivity index (χ2v) is 4.02. The molecule has 54 valence electrons. The Hall–Kier alpha value is 0.0249. The molecule has 0 aromatic heterocycles. The number of rotatable bonds is 0. The van der Waals surface area contributed by atoms with Gasteiger partial charge in [-0.25, -0.2) is 0 Å². The number of nitrogens with zero attached hydrogens (tertiary/aromatic N) is 1. The maximum atomic E-state index is 6.21. The van der Waals surface area contributed by atoms with Crippen molar-refractivity contribution in [1.82, 2.24) is 4.90 Å². The summed E-state index contributed by atoms with van der Waals surface area (Å²) in [4.78, 5) is 2.36. The molecule has 2 atom stereocenters. The van der Waals surface area contributed by atoms with Gasteiger partial charge in [0.15, 0.2) is 0 Å². The Bertz CT molecular complexity index is 148. The van der Waals surface area contributed by atoms with Crippen molar-refractivity contribution in [3.05, 3.63) is 0 Å². The standard InChI is InChI=1S/C8H14BN/c1-10-5-7-3-2-4-8(7,9)6-10/h7H,2-6H2,1H3. The van der Waals surface area contributed by atoms with Gasteiger partial charge in [0.05, 0.1) is 7.85 Å². The van der Waals surface area contributed by atoms with E-state index in [9.17, 15) is 0 Å². The van der Waals surface area contributed by atoms with Crippen LogP contribution in [-0.4, -0.2) is 32.9 Å². The molecule has 1 saturated heterocycles. The van der Waals surface area contributed by atoms with Gasteiger partial charge in [-0.3, -0.25) is 0 Å². The predicted octanol–water partition coefficient (Wildman–Crippen LogP) is 1.06. The summed E-state index contributed by atoms with van der Waals surface area (Å²) in [5.74, 6) is 0.803. The van der Waals surface area contributed by atoms with Crippen molar-refractivity contribution in [3.63, 3.8) is 0 Å². The van der Waals surface area contributed by atoms with E-state index in [1.807, 2.05) is 0 Å². The van der Waals surface area contributed by atoms with Gasteiger partial charge in [0.2, 0.25) is 0 Å².